The van der Waals surface area contributed by atoms with Gasteiger partial charge in [0.05, 0.1) is 35.8 Å². The molecule has 10 nitrogen and oxygen atoms in total. The maximum absolute atomic E-state index is 13.3. The fourth-order valence-corrected chi connectivity index (χ4v) is 4.10. The van der Waals surface area contributed by atoms with Crippen LogP contribution < -0.4 is 9.64 Å². The number of nitrogens with zero attached hydrogens (tertiary/aromatic N) is 2. The number of nitro benzene ring substituents is 1. The highest BCUT2D eigenvalue weighted by atomic mass is 16.6. The molecule has 1 heterocycles. The lowest BCUT2D eigenvalue weighted by Gasteiger charge is -2.25. The van der Waals surface area contributed by atoms with Gasteiger partial charge in [-0.15, -0.1) is 0 Å². The van der Waals surface area contributed by atoms with Crippen LogP contribution in [0.25, 0.3) is 5.76 Å². The molecule has 37 heavy (non-hydrogen) atoms. The lowest BCUT2D eigenvalue weighted by Crippen LogP contribution is -2.29. The van der Waals surface area contributed by atoms with Gasteiger partial charge < -0.3 is 14.6 Å². The minimum absolute atomic E-state index is 0.188. The molecule has 0 aliphatic carbocycles. The van der Waals surface area contributed by atoms with Crippen molar-refractivity contribution < 1.29 is 33.9 Å². The summed E-state index contributed by atoms with van der Waals surface area (Å²) in [6.07, 6.45) is 0. The molecule has 188 valence electrons. The molecule has 10 heteroatoms. The van der Waals surface area contributed by atoms with Gasteiger partial charge in [0.1, 0.15) is 11.5 Å². The van der Waals surface area contributed by atoms with Crippen LogP contribution in [0, 0.1) is 10.1 Å². The number of benzene rings is 3. The normalized spacial score (nSPS) is 16.5. The Kier molecular flexibility index (Phi) is 7.01. The highest BCUT2D eigenvalue weighted by Gasteiger charge is 2.47. The molecule has 0 radical (unpaired) electrons. The second kappa shape index (κ2) is 10.3. The minimum Gasteiger partial charge on any atom is -0.507 e. The molecule has 3 aromatic rings. The van der Waals surface area contributed by atoms with E-state index in [0.29, 0.717) is 5.75 Å². The molecule has 1 aliphatic rings. The number of hydrogen-bond donors (Lipinski definition) is 1. The van der Waals surface area contributed by atoms with E-state index < -0.39 is 34.4 Å². The van der Waals surface area contributed by atoms with Crippen molar-refractivity contribution in [3.63, 3.8) is 0 Å². The molecule has 0 bridgehead atoms. The first-order valence-corrected chi connectivity index (χ1v) is 11.2. The van der Waals surface area contributed by atoms with E-state index in [1.54, 1.807) is 19.1 Å². The first-order chi connectivity index (χ1) is 17.8. The summed E-state index contributed by atoms with van der Waals surface area (Å²) >= 11 is 0. The molecule has 0 aromatic heterocycles. The molecule has 1 atom stereocenters. The van der Waals surface area contributed by atoms with Crippen molar-refractivity contribution in [3.8, 4) is 5.75 Å². The van der Waals surface area contributed by atoms with E-state index in [0.717, 1.165) is 4.90 Å². The summed E-state index contributed by atoms with van der Waals surface area (Å²) in [7, 11) is 1.48. The monoisotopic (exact) mass is 502 g/mol. The van der Waals surface area contributed by atoms with Gasteiger partial charge in [-0.25, -0.2) is 4.79 Å². The van der Waals surface area contributed by atoms with Crippen LogP contribution >= 0.6 is 0 Å². The quantitative estimate of drug-likeness (QED) is 0.125. The topological polar surface area (TPSA) is 136 Å². The standard InChI is InChI=1S/C27H22N2O8/c1-3-37-27(33)17-7-11-19(12-8-17)28-23(18-5-4-6-20(15-18)29(34)35)22(25(31)26(28)32)24(30)16-9-13-21(36-2)14-10-16/h4-15,23,30H,3H2,1-2H3/b24-22+/t23-/m0/s1. The molecule has 1 saturated heterocycles. The van der Waals surface area contributed by atoms with E-state index in [1.807, 2.05) is 0 Å². The number of methoxy groups -OCH3 is 1. The number of nitro groups is 1. The van der Waals surface area contributed by atoms with E-state index in [4.69, 9.17) is 9.47 Å². The summed E-state index contributed by atoms with van der Waals surface area (Å²) in [6, 6.07) is 16.4. The molecule has 1 N–H and O–H groups in total. The van der Waals surface area contributed by atoms with Gasteiger partial charge in [0.15, 0.2) is 0 Å². The lowest BCUT2D eigenvalue weighted by atomic mass is 9.94. The fourth-order valence-electron chi connectivity index (χ4n) is 4.10. The summed E-state index contributed by atoms with van der Waals surface area (Å²) in [4.78, 5) is 50.6. The number of amides is 1. The number of carbonyl (C=O) groups excluding carboxylic acids is 3. The van der Waals surface area contributed by atoms with Gasteiger partial charge in [-0.2, -0.15) is 0 Å². The predicted octanol–water partition coefficient (Wildman–Crippen LogP) is 4.41. The van der Waals surface area contributed by atoms with E-state index >= 15 is 0 Å². The van der Waals surface area contributed by atoms with Crippen molar-refractivity contribution in [2.45, 2.75) is 13.0 Å². The van der Waals surface area contributed by atoms with Gasteiger partial charge >= 0.3 is 5.97 Å². The Hall–Kier alpha value is -4.99. The molecule has 0 spiro atoms. The van der Waals surface area contributed by atoms with Crippen LogP contribution in [0.4, 0.5) is 11.4 Å². The zero-order valence-electron chi connectivity index (χ0n) is 19.9. The number of ether oxygens (including phenoxy) is 2. The van der Waals surface area contributed by atoms with E-state index in [9.17, 15) is 29.6 Å². The summed E-state index contributed by atoms with van der Waals surface area (Å²) in [5, 5.41) is 22.6. The number of rotatable bonds is 7. The Morgan fingerprint density at radius 1 is 1.03 bits per heavy atom. The average molecular weight is 502 g/mol. The predicted molar refractivity (Wildman–Crippen MR) is 133 cm³/mol. The molecule has 4 rings (SSSR count). The van der Waals surface area contributed by atoms with Crippen molar-refractivity contribution in [1.29, 1.82) is 0 Å². The third kappa shape index (κ3) is 4.76. The van der Waals surface area contributed by atoms with Crippen LogP contribution in [0.1, 0.15) is 34.5 Å². The summed E-state index contributed by atoms with van der Waals surface area (Å²) < 4.78 is 10.1. The van der Waals surface area contributed by atoms with Gasteiger partial charge in [0.2, 0.25) is 0 Å². The second-order valence-corrected chi connectivity index (χ2v) is 8.02. The third-order valence-electron chi connectivity index (χ3n) is 5.86. The van der Waals surface area contributed by atoms with Crippen molar-refractivity contribution >= 4 is 34.8 Å². The highest BCUT2D eigenvalue weighted by Crippen LogP contribution is 2.43. The van der Waals surface area contributed by atoms with E-state index in [2.05, 4.69) is 0 Å². The number of aliphatic hydroxyl groups is 1. The maximum Gasteiger partial charge on any atom is 0.338 e. The number of esters is 1. The zero-order valence-corrected chi connectivity index (χ0v) is 19.9. The van der Waals surface area contributed by atoms with Crippen LogP contribution in [0.5, 0.6) is 5.75 Å². The Bertz CT molecular complexity index is 1410. The molecule has 3 aromatic carbocycles. The summed E-state index contributed by atoms with van der Waals surface area (Å²) in [5.41, 5.74) is 0.521. The van der Waals surface area contributed by atoms with Crippen LogP contribution in [0.2, 0.25) is 0 Å². The largest absolute Gasteiger partial charge is 0.507 e. The van der Waals surface area contributed by atoms with Crippen LogP contribution in [0.3, 0.4) is 0 Å². The number of ketones is 1. The van der Waals surface area contributed by atoms with Crippen LogP contribution in [0.15, 0.2) is 78.4 Å². The lowest BCUT2D eigenvalue weighted by molar-refractivity contribution is -0.384. The second-order valence-electron chi connectivity index (χ2n) is 8.02. The molecule has 1 fully saturated rings. The van der Waals surface area contributed by atoms with Crippen LogP contribution in [-0.2, 0) is 14.3 Å². The Labute approximate surface area is 211 Å². The first kappa shape index (κ1) is 25.1. The molecule has 0 saturated carbocycles. The zero-order chi connectivity index (χ0) is 26.7. The van der Waals surface area contributed by atoms with Gasteiger partial charge in [0, 0.05) is 23.4 Å². The number of hydrogen-bond acceptors (Lipinski definition) is 8. The third-order valence-corrected chi connectivity index (χ3v) is 5.86. The van der Waals surface area contributed by atoms with E-state index in [-0.39, 0.29) is 40.2 Å². The summed E-state index contributed by atoms with van der Waals surface area (Å²) in [5.74, 6) is -2.36. The van der Waals surface area contributed by atoms with Crippen molar-refractivity contribution in [1.82, 2.24) is 0 Å². The van der Waals surface area contributed by atoms with Gasteiger partial charge in [-0.05, 0) is 61.0 Å². The average Bonchev–Trinajstić information content (AvgIpc) is 3.18. The number of non-ortho nitro benzene ring substituents is 1. The molecule has 1 aliphatic heterocycles. The number of anilines is 1. The highest BCUT2D eigenvalue weighted by molar-refractivity contribution is 6.51. The smallest absolute Gasteiger partial charge is 0.338 e. The maximum atomic E-state index is 13.3. The molecule has 1 amide bonds. The number of carbonyl (C=O) groups is 3. The van der Waals surface area contributed by atoms with Crippen molar-refractivity contribution in [3.05, 3.63) is 105 Å². The Morgan fingerprint density at radius 3 is 2.27 bits per heavy atom. The Morgan fingerprint density at radius 2 is 1.68 bits per heavy atom. The first-order valence-electron chi connectivity index (χ1n) is 11.2. The van der Waals surface area contributed by atoms with Gasteiger partial charge in [0.25, 0.3) is 17.4 Å². The van der Waals surface area contributed by atoms with Gasteiger partial charge in [-0.3, -0.25) is 24.6 Å². The molecular formula is C27H22N2O8. The number of aliphatic hydroxyl groups excluding tert-OH is 1. The number of Topliss-reactive ketones (excluding diaryl/α,β-unsaturated/α-hetero) is 1. The Balaban J connectivity index is 1.88. The fraction of sp³-hybridized carbons (Fsp3) is 0.148. The van der Waals surface area contributed by atoms with Gasteiger partial charge in [-0.1, -0.05) is 12.1 Å². The van der Waals surface area contributed by atoms with Crippen molar-refractivity contribution in [2.75, 3.05) is 18.6 Å². The van der Waals surface area contributed by atoms with Crippen LogP contribution in [-0.4, -0.2) is 41.4 Å². The molecule has 0 unspecified atom stereocenters. The SMILES string of the molecule is CCOC(=O)c1ccc(N2C(=O)C(=O)/C(=C(/O)c3ccc(OC)cc3)[C@@H]2c2cccc([N+](=O)[O-])c2)cc1. The van der Waals surface area contributed by atoms with E-state index in [1.165, 1.54) is 67.8 Å². The molecular weight excluding hydrogens is 480 g/mol. The summed E-state index contributed by atoms with van der Waals surface area (Å²) in [6.45, 7) is 1.86. The van der Waals surface area contributed by atoms with Crippen molar-refractivity contribution in [2.24, 2.45) is 0 Å². The minimum atomic E-state index is -1.17.